The van der Waals surface area contributed by atoms with E-state index in [2.05, 4.69) is 135 Å². The largest absolute Gasteiger partial charge is 6.00 e. The fraction of sp³-hybridized carbons (Fsp3) is 0.923. The van der Waals surface area contributed by atoms with Crippen LogP contribution in [-0.4, -0.2) is 49.1 Å². The first-order valence-corrected chi connectivity index (χ1v) is 11.4. The van der Waals surface area contributed by atoms with Gasteiger partial charge in [0.2, 0.25) is 0 Å². The molecule has 198 valence electrons. The Hall–Kier alpha value is -0.197. The third-order valence-electron chi connectivity index (χ3n) is 3.45. The zero-order chi connectivity index (χ0) is 27.1. The average Bonchev–Trinajstić information content (AvgIpc) is 2.53. The second-order valence-electron chi connectivity index (χ2n) is 12.6. The molecule has 2 atom stereocenters. The van der Waals surface area contributed by atoms with Crippen molar-refractivity contribution >= 4 is 13.6 Å². The monoisotopic (exact) mass is 556 g/mol. The first-order valence-electron chi connectivity index (χ1n) is 11.4. The molecule has 0 aromatic heterocycles. The van der Waals surface area contributed by atoms with Gasteiger partial charge < -0.3 is 30.9 Å². The van der Waals surface area contributed by atoms with Gasteiger partial charge in [0, 0.05) is 0 Å². The Kier molecular flexibility index (Phi) is 24.8. The van der Waals surface area contributed by atoms with E-state index in [0.717, 1.165) is 0 Å². The zero-order valence-electron chi connectivity index (χ0n) is 24.4. The van der Waals surface area contributed by atoms with Crippen LogP contribution in [0.15, 0.2) is 0 Å². The molecule has 0 aromatic rings. The number of nitrogens with zero attached hydrogens (tertiary/aromatic N) is 4. The molecule has 0 aliphatic carbocycles. The second kappa shape index (κ2) is 19.0. The van der Waals surface area contributed by atoms with Crippen molar-refractivity contribution < 1.29 is 29.1 Å². The van der Waals surface area contributed by atoms with Crippen LogP contribution in [0.2, 0.25) is 0 Å². The van der Waals surface area contributed by atoms with E-state index in [9.17, 15) is 0 Å². The Labute approximate surface area is 220 Å². The Bertz CT molecular complexity index is 403. The molecule has 33 heavy (non-hydrogen) atoms. The summed E-state index contributed by atoms with van der Waals surface area (Å²) in [5.74, 6) is 0. The van der Waals surface area contributed by atoms with Crippen LogP contribution in [0.5, 0.6) is 0 Å². The summed E-state index contributed by atoms with van der Waals surface area (Å²) < 4.78 is 0. The van der Waals surface area contributed by atoms with Crippen molar-refractivity contribution in [2.75, 3.05) is 0 Å². The molecule has 0 aliphatic heterocycles. The molecule has 0 aliphatic rings. The molecule has 6 nitrogen and oxygen atoms in total. The predicted molar refractivity (Wildman–Crippen MR) is 143 cm³/mol. The number of carbonyl (C=O) groups excluding carboxylic acids is 2. The van der Waals surface area contributed by atoms with Crippen molar-refractivity contribution in [3.05, 3.63) is 21.3 Å². The van der Waals surface area contributed by atoms with E-state index in [1.54, 1.807) is 0 Å². The van der Waals surface area contributed by atoms with E-state index in [1.165, 1.54) is 0 Å². The summed E-state index contributed by atoms with van der Waals surface area (Å²) in [5.41, 5.74) is 0.238. The van der Waals surface area contributed by atoms with Crippen molar-refractivity contribution in [2.45, 2.75) is 146 Å². The van der Waals surface area contributed by atoms with Gasteiger partial charge >= 0.3 is 19.5 Å². The summed E-state index contributed by atoms with van der Waals surface area (Å²) in [7, 11) is 0. The van der Waals surface area contributed by atoms with E-state index < -0.39 is 0 Å². The molecular formula is C26H54N4O2Ru. The quantitative estimate of drug-likeness (QED) is 0.188. The molecule has 0 bridgehead atoms. The van der Waals surface area contributed by atoms with Crippen molar-refractivity contribution in [2.24, 2.45) is 10.8 Å². The van der Waals surface area contributed by atoms with Crippen LogP contribution >= 0.6 is 0 Å². The SMILES string of the molecule is CC(C)[N-]C([N-]C(C)(C)C)C(C)(C)C.CC(C)[N-]C([N-]C(C)(C)C)C(C)(C)C.[CH-]=O.[CH-]=O.[Ru+6]. The minimum Gasteiger partial charge on any atom is -0.675 e. The van der Waals surface area contributed by atoms with Gasteiger partial charge in [0.25, 0.3) is 0 Å². The summed E-state index contributed by atoms with van der Waals surface area (Å²) in [5, 5.41) is 18.8. The fourth-order valence-electron chi connectivity index (χ4n) is 2.20. The van der Waals surface area contributed by atoms with Gasteiger partial charge in [0.05, 0.1) is 0 Å². The second-order valence-corrected chi connectivity index (χ2v) is 12.6. The smallest absolute Gasteiger partial charge is 0.675 e. The summed E-state index contributed by atoms with van der Waals surface area (Å²) in [4.78, 5) is 15.5. The van der Waals surface area contributed by atoms with Gasteiger partial charge in [-0.1, -0.05) is 122 Å². The van der Waals surface area contributed by atoms with Crippen LogP contribution < -0.4 is 0 Å². The van der Waals surface area contributed by atoms with Crippen molar-refractivity contribution in [3.8, 4) is 0 Å². The van der Waals surface area contributed by atoms with Crippen molar-refractivity contribution in [1.82, 2.24) is 0 Å². The van der Waals surface area contributed by atoms with Gasteiger partial charge in [-0.2, -0.15) is 0 Å². The summed E-state index contributed by atoms with van der Waals surface area (Å²) in [6.07, 6.45) is 0.199. The van der Waals surface area contributed by atoms with Gasteiger partial charge in [-0.25, -0.2) is 12.3 Å². The predicted octanol–water partition coefficient (Wildman–Crippen LogP) is 8.08. The van der Waals surface area contributed by atoms with E-state index in [4.69, 9.17) is 20.2 Å². The van der Waals surface area contributed by atoms with Crippen LogP contribution in [0.25, 0.3) is 21.3 Å². The molecule has 0 heterocycles. The standard InChI is InChI=1S/2C12H26N2.2CHO.Ru/c2*1-9(2)13-10(11(3,4)5)14-12(6,7)8;2*1-2;/h2*9-10H,1-8H3;2*1H;/q2*-2;2*-1;+6. The Morgan fingerprint density at radius 3 is 0.758 bits per heavy atom. The maximum absolute atomic E-state index is 7.75. The van der Waals surface area contributed by atoms with E-state index >= 15 is 0 Å². The molecule has 0 fully saturated rings. The zero-order valence-corrected chi connectivity index (χ0v) is 26.2. The Balaban J connectivity index is -0.000000134. The van der Waals surface area contributed by atoms with Gasteiger partial charge in [0.15, 0.2) is 0 Å². The normalized spacial score (nSPS) is 13.9. The number of rotatable bonds is 6. The average molecular weight is 556 g/mol. The molecule has 0 radical (unpaired) electrons. The third-order valence-corrected chi connectivity index (χ3v) is 3.45. The van der Waals surface area contributed by atoms with Crippen LogP contribution in [0.3, 0.4) is 0 Å². The molecule has 0 spiro atoms. The summed E-state index contributed by atoms with van der Waals surface area (Å²) in [6, 6.07) is 0.704. The maximum Gasteiger partial charge on any atom is 6.00 e. The molecule has 0 N–H and O–H groups in total. The minimum absolute atomic E-state index is 0. The first-order chi connectivity index (χ1) is 14.0. The summed E-state index contributed by atoms with van der Waals surface area (Å²) >= 11 is 0. The molecule has 0 aromatic carbocycles. The molecule has 2 unspecified atom stereocenters. The fourth-order valence-corrected chi connectivity index (χ4v) is 2.20. The van der Waals surface area contributed by atoms with Gasteiger partial charge in [0.1, 0.15) is 0 Å². The number of hydrogen-bond acceptors (Lipinski definition) is 2. The van der Waals surface area contributed by atoms with E-state index in [1.807, 2.05) is 0 Å². The Morgan fingerprint density at radius 1 is 0.485 bits per heavy atom. The van der Waals surface area contributed by atoms with Gasteiger partial charge in [-0.15, -0.1) is 23.2 Å². The van der Waals surface area contributed by atoms with Gasteiger partial charge in [-0.05, 0) is 0 Å². The first kappa shape index (κ1) is 42.9. The third kappa shape index (κ3) is 31.8. The van der Waals surface area contributed by atoms with E-state index in [-0.39, 0.29) is 53.7 Å². The topological polar surface area (TPSA) is 90.5 Å². The van der Waals surface area contributed by atoms with E-state index in [0.29, 0.717) is 12.1 Å². The molecule has 0 saturated carbocycles. The molecule has 0 saturated heterocycles. The van der Waals surface area contributed by atoms with Gasteiger partial charge in [-0.3, -0.25) is 13.6 Å². The molecule has 0 amide bonds. The number of hydrogen-bond donors (Lipinski definition) is 0. The van der Waals surface area contributed by atoms with Crippen LogP contribution in [0.1, 0.15) is 111 Å². The minimum atomic E-state index is -0.00363. The van der Waals surface area contributed by atoms with Crippen molar-refractivity contribution in [1.29, 1.82) is 0 Å². The van der Waals surface area contributed by atoms with Crippen LogP contribution in [-0.2, 0) is 29.1 Å². The van der Waals surface area contributed by atoms with Crippen LogP contribution in [0.4, 0.5) is 0 Å². The summed E-state index contributed by atoms with van der Waals surface area (Å²) in [6.45, 7) is 40.9. The molecular weight excluding hydrogens is 501 g/mol. The Morgan fingerprint density at radius 2 is 0.667 bits per heavy atom. The van der Waals surface area contributed by atoms with Crippen LogP contribution in [0, 0.1) is 10.8 Å². The maximum atomic E-state index is 7.75. The molecule has 0 rings (SSSR count). The molecule has 7 heteroatoms. The van der Waals surface area contributed by atoms with Crippen molar-refractivity contribution in [3.63, 3.8) is 0 Å².